The molecule has 86 valence electrons. The van der Waals surface area contributed by atoms with Crippen molar-refractivity contribution in [2.75, 3.05) is 0 Å². The molecule has 2 nitrogen and oxygen atoms in total. The van der Waals surface area contributed by atoms with Crippen LogP contribution in [0.2, 0.25) is 0 Å². The van der Waals surface area contributed by atoms with Gasteiger partial charge < -0.3 is 0 Å². The van der Waals surface area contributed by atoms with E-state index < -0.39 is 0 Å². The van der Waals surface area contributed by atoms with Crippen molar-refractivity contribution in [3.63, 3.8) is 0 Å². The van der Waals surface area contributed by atoms with Crippen LogP contribution in [0.5, 0.6) is 0 Å². The molecule has 0 saturated carbocycles. The maximum Gasteiger partial charge on any atom is 0.186 e. The van der Waals surface area contributed by atoms with E-state index in [9.17, 15) is 9.59 Å². The lowest BCUT2D eigenvalue weighted by Gasteiger charge is -2.15. The molecule has 0 spiro atoms. The summed E-state index contributed by atoms with van der Waals surface area (Å²) >= 11 is 0. The molecule has 2 aliphatic carbocycles. The van der Waals surface area contributed by atoms with E-state index >= 15 is 0 Å². The van der Waals surface area contributed by atoms with Gasteiger partial charge in [-0.15, -0.1) is 0 Å². The third-order valence-corrected chi connectivity index (χ3v) is 3.05. The highest BCUT2D eigenvalue weighted by atomic mass is 16.1. The van der Waals surface area contributed by atoms with Crippen LogP contribution in [0, 0.1) is 0 Å². The molecular formula is C16H10O2. The third kappa shape index (κ3) is 1.68. The second-order valence-electron chi connectivity index (χ2n) is 4.18. The Balaban J connectivity index is 2.21. The van der Waals surface area contributed by atoms with Gasteiger partial charge in [-0.05, 0) is 41.0 Å². The van der Waals surface area contributed by atoms with Gasteiger partial charge in [0, 0.05) is 5.56 Å². The Labute approximate surface area is 105 Å². The maximum atomic E-state index is 11.8. The summed E-state index contributed by atoms with van der Waals surface area (Å²) in [5, 5.41) is 0. The Morgan fingerprint density at radius 1 is 0.667 bits per heavy atom. The van der Waals surface area contributed by atoms with E-state index in [1.807, 2.05) is 30.3 Å². The van der Waals surface area contributed by atoms with E-state index in [-0.39, 0.29) is 11.6 Å². The highest BCUT2D eigenvalue weighted by Crippen LogP contribution is 2.30. The quantitative estimate of drug-likeness (QED) is 0.691. The highest BCUT2D eigenvalue weighted by Gasteiger charge is 2.17. The zero-order chi connectivity index (χ0) is 12.5. The average molecular weight is 234 g/mol. The molecule has 0 heterocycles. The normalized spacial score (nSPS) is 17.3. The van der Waals surface area contributed by atoms with E-state index in [2.05, 4.69) is 0 Å². The minimum atomic E-state index is -0.0106. The Hall–Kier alpha value is -2.48. The topological polar surface area (TPSA) is 34.1 Å². The molecule has 1 aromatic carbocycles. The average Bonchev–Trinajstić information content (AvgIpc) is 2.41. The van der Waals surface area contributed by atoms with Crippen LogP contribution in [-0.4, -0.2) is 11.6 Å². The summed E-state index contributed by atoms with van der Waals surface area (Å²) in [4.78, 5) is 22.9. The van der Waals surface area contributed by atoms with Crippen molar-refractivity contribution in [3.8, 4) is 0 Å². The van der Waals surface area contributed by atoms with Crippen LogP contribution < -0.4 is 0 Å². The molecule has 1 aromatic rings. The number of carbonyl (C=O) groups is 2. The first kappa shape index (κ1) is 10.7. The molecule has 0 saturated heterocycles. The fraction of sp³-hybridized carbons (Fsp3) is 0. The molecule has 0 fully saturated rings. The van der Waals surface area contributed by atoms with Gasteiger partial charge in [0.2, 0.25) is 0 Å². The summed E-state index contributed by atoms with van der Waals surface area (Å²) in [6.07, 6.45) is 10.0. The largest absolute Gasteiger partial charge is 0.290 e. The van der Waals surface area contributed by atoms with Gasteiger partial charge in [0.05, 0.1) is 0 Å². The number of benzene rings is 1. The van der Waals surface area contributed by atoms with Crippen LogP contribution in [0.3, 0.4) is 0 Å². The van der Waals surface area contributed by atoms with Crippen LogP contribution in [0.4, 0.5) is 0 Å². The first-order valence-corrected chi connectivity index (χ1v) is 5.72. The second-order valence-corrected chi connectivity index (χ2v) is 4.18. The number of fused-ring (bicyclic) bond motifs is 1. The van der Waals surface area contributed by atoms with Gasteiger partial charge in [-0.25, -0.2) is 0 Å². The van der Waals surface area contributed by atoms with Crippen molar-refractivity contribution in [1.82, 2.24) is 0 Å². The van der Waals surface area contributed by atoms with Crippen LogP contribution in [-0.2, 0) is 4.79 Å². The first-order chi connectivity index (χ1) is 8.75. The zero-order valence-electron chi connectivity index (χ0n) is 9.59. The van der Waals surface area contributed by atoms with Crippen LogP contribution in [0.15, 0.2) is 66.3 Å². The van der Waals surface area contributed by atoms with E-state index in [1.54, 1.807) is 18.2 Å². The van der Waals surface area contributed by atoms with Gasteiger partial charge in [-0.1, -0.05) is 36.4 Å². The van der Waals surface area contributed by atoms with Crippen LogP contribution in [0.25, 0.3) is 5.57 Å². The molecule has 2 heteroatoms. The fourth-order valence-electron chi connectivity index (χ4n) is 2.16. The van der Waals surface area contributed by atoms with Gasteiger partial charge in [0.1, 0.15) is 0 Å². The summed E-state index contributed by atoms with van der Waals surface area (Å²) in [6.45, 7) is 0. The fourth-order valence-corrected chi connectivity index (χ4v) is 2.16. The number of hydrogen-bond donors (Lipinski definition) is 0. The number of allylic oxidation sites excluding steroid dienone is 8. The third-order valence-electron chi connectivity index (χ3n) is 3.05. The minimum absolute atomic E-state index is 0.0106. The number of rotatable bonds is 0. The molecule has 0 amide bonds. The van der Waals surface area contributed by atoms with Crippen molar-refractivity contribution in [3.05, 3.63) is 77.4 Å². The van der Waals surface area contributed by atoms with E-state index in [0.717, 1.165) is 16.7 Å². The highest BCUT2D eigenvalue weighted by molar-refractivity contribution is 6.13. The molecule has 0 atom stereocenters. The standard InChI is InChI=1S/C16H10O2/c17-12-7-5-11(6-8-12)13-9-10-16(18)15-4-2-1-3-14(13)15/h1-10H. The molecule has 0 N–H and O–H groups in total. The molecule has 0 aliphatic heterocycles. The van der Waals surface area contributed by atoms with Gasteiger partial charge in [-0.2, -0.15) is 0 Å². The van der Waals surface area contributed by atoms with E-state index in [4.69, 9.17) is 0 Å². The van der Waals surface area contributed by atoms with Crippen molar-refractivity contribution in [1.29, 1.82) is 0 Å². The summed E-state index contributed by atoms with van der Waals surface area (Å²) in [5.41, 5.74) is 3.56. The summed E-state index contributed by atoms with van der Waals surface area (Å²) in [6, 6.07) is 7.52. The summed E-state index contributed by atoms with van der Waals surface area (Å²) in [5.74, 6) is 0.0123. The number of ketones is 2. The lowest BCUT2D eigenvalue weighted by atomic mass is 9.87. The first-order valence-electron chi connectivity index (χ1n) is 5.72. The smallest absolute Gasteiger partial charge is 0.186 e. The van der Waals surface area contributed by atoms with Crippen molar-refractivity contribution < 1.29 is 9.59 Å². The molecule has 0 unspecified atom stereocenters. The van der Waals surface area contributed by atoms with Crippen LogP contribution >= 0.6 is 0 Å². The van der Waals surface area contributed by atoms with E-state index in [1.165, 1.54) is 12.2 Å². The molecule has 2 aliphatic rings. The van der Waals surface area contributed by atoms with Crippen molar-refractivity contribution >= 4 is 17.1 Å². The predicted molar refractivity (Wildman–Crippen MR) is 70.1 cm³/mol. The molecule has 0 bridgehead atoms. The predicted octanol–water partition coefficient (Wildman–Crippen LogP) is 2.89. The lowest BCUT2D eigenvalue weighted by molar-refractivity contribution is -0.110. The van der Waals surface area contributed by atoms with Gasteiger partial charge in [0.25, 0.3) is 0 Å². The Morgan fingerprint density at radius 3 is 2.06 bits per heavy atom. The number of hydrogen-bond acceptors (Lipinski definition) is 2. The second kappa shape index (κ2) is 4.08. The monoisotopic (exact) mass is 234 g/mol. The summed E-state index contributed by atoms with van der Waals surface area (Å²) in [7, 11) is 0. The lowest BCUT2D eigenvalue weighted by Crippen LogP contribution is -2.06. The van der Waals surface area contributed by atoms with Crippen LogP contribution in [0.1, 0.15) is 15.9 Å². The van der Waals surface area contributed by atoms with Gasteiger partial charge in [0.15, 0.2) is 11.6 Å². The molecule has 3 rings (SSSR count). The van der Waals surface area contributed by atoms with Gasteiger partial charge in [-0.3, -0.25) is 9.59 Å². The Morgan fingerprint density at radius 2 is 1.33 bits per heavy atom. The molecule has 0 aromatic heterocycles. The number of carbonyl (C=O) groups excluding carboxylic acids is 2. The molecule has 0 radical (unpaired) electrons. The van der Waals surface area contributed by atoms with E-state index in [0.29, 0.717) is 5.56 Å². The maximum absolute atomic E-state index is 11.8. The molecule has 18 heavy (non-hydrogen) atoms. The Bertz CT molecular complexity index is 652. The zero-order valence-corrected chi connectivity index (χ0v) is 9.59. The van der Waals surface area contributed by atoms with Crippen molar-refractivity contribution in [2.45, 2.75) is 0 Å². The molecular weight excluding hydrogens is 224 g/mol. The van der Waals surface area contributed by atoms with Crippen molar-refractivity contribution in [2.24, 2.45) is 0 Å². The Kier molecular flexibility index (Phi) is 2.41. The van der Waals surface area contributed by atoms with Gasteiger partial charge >= 0.3 is 0 Å². The summed E-state index contributed by atoms with van der Waals surface area (Å²) < 4.78 is 0. The minimum Gasteiger partial charge on any atom is -0.290 e. The SMILES string of the molecule is O=C1C=CC(=C2C=CC(=O)c3ccccc32)C=C1.